The predicted molar refractivity (Wildman–Crippen MR) is 111 cm³/mol. The van der Waals surface area contributed by atoms with Crippen molar-refractivity contribution in [2.45, 2.75) is 32.9 Å². The monoisotopic (exact) mass is 401 g/mol. The Bertz CT molecular complexity index is 1100. The summed E-state index contributed by atoms with van der Waals surface area (Å²) in [6.07, 6.45) is 0.651. The first-order valence-corrected chi connectivity index (χ1v) is 9.86. The maximum atomic E-state index is 12.8. The maximum absolute atomic E-state index is 12.8. The number of likely N-dealkylation sites (N-methyl/N-ethyl adjacent to an activating group) is 1. The summed E-state index contributed by atoms with van der Waals surface area (Å²) in [5, 5.41) is 0.884. The molecule has 8 nitrogen and oxygen atoms in total. The third-order valence-electron chi connectivity index (χ3n) is 4.69. The van der Waals surface area contributed by atoms with E-state index in [0.717, 1.165) is 15.2 Å². The van der Waals surface area contributed by atoms with Gasteiger partial charge in [0.25, 0.3) is 5.56 Å². The van der Waals surface area contributed by atoms with Gasteiger partial charge in [0.1, 0.15) is 16.4 Å². The van der Waals surface area contributed by atoms with E-state index in [9.17, 15) is 14.4 Å². The quantitative estimate of drug-likeness (QED) is 0.586. The number of hydrogen-bond donors (Lipinski definition) is 2. The van der Waals surface area contributed by atoms with Gasteiger partial charge in [-0.2, -0.15) is 0 Å². The largest absolute Gasteiger partial charge is 0.384 e. The minimum absolute atomic E-state index is 0.0191. The Balaban J connectivity index is 1.85. The Morgan fingerprint density at radius 3 is 2.75 bits per heavy atom. The van der Waals surface area contributed by atoms with E-state index in [4.69, 9.17) is 5.73 Å². The van der Waals surface area contributed by atoms with Gasteiger partial charge in [0.15, 0.2) is 5.78 Å². The molecule has 1 aromatic carbocycles. The van der Waals surface area contributed by atoms with Crippen LogP contribution >= 0.6 is 11.3 Å². The van der Waals surface area contributed by atoms with E-state index >= 15 is 0 Å². The van der Waals surface area contributed by atoms with E-state index < -0.39 is 17.0 Å². The number of carbonyl (C=O) groups excluding carboxylic acids is 1. The summed E-state index contributed by atoms with van der Waals surface area (Å²) in [6.45, 7) is 4.15. The number of nitrogens with one attached hydrogen (secondary N) is 1. The number of nitrogens with two attached hydrogens (primary N) is 1. The second-order valence-electron chi connectivity index (χ2n) is 6.71. The molecule has 3 N–H and O–H groups in total. The fraction of sp³-hybridized carbons (Fsp3) is 0.368. The van der Waals surface area contributed by atoms with E-state index in [2.05, 4.69) is 9.97 Å². The van der Waals surface area contributed by atoms with Crippen molar-refractivity contribution in [3.8, 4) is 0 Å². The molecule has 148 valence electrons. The van der Waals surface area contributed by atoms with Crippen LogP contribution in [-0.2, 0) is 6.54 Å². The molecule has 2 aromatic heterocycles. The number of aromatic amines is 1. The minimum atomic E-state index is -0.749. The maximum Gasteiger partial charge on any atom is 0.329 e. The lowest BCUT2D eigenvalue weighted by Gasteiger charge is -2.22. The Morgan fingerprint density at radius 1 is 1.36 bits per heavy atom. The van der Waals surface area contributed by atoms with Crippen molar-refractivity contribution in [3.05, 3.63) is 55.7 Å². The molecule has 3 rings (SSSR count). The van der Waals surface area contributed by atoms with Crippen molar-refractivity contribution in [2.75, 3.05) is 19.3 Å². The SMILES string of the molecule is CCCn1c(N)c(C(=O)CN(C)[C@@H](C)c2nc3ccccc3s2)c(=O)[nH]c1=O. The molecule has 3 aromatic rings. The van der Waals surface area contributed by atoms with E-state index in [-0.39, 0.29) is 24.0 Å². The number of fused-ring (bicyclic) bond motifs is 1. The number of H-pyrrole nitrogens is 1. The smallest absolute Gasteiger partial charge is 0.329 e. The van der Waals surface area contributed by atoms with Crippen molar-refractivity contribution >= 4 is 33.2 Å². The molecule has 0 saturated carbocycles. The Hall–Kier alpha value is -2.78. The molecule has 0 aliphatic rings. The van der Waals surface area contributed by atoms with Gasteiger partial charge in [-0.05, 0) is 32.5 Å². The summed E-state index contributed by atoms with van der Waals surface area (Å²) >= 11 is 1.57. The number of rotatable bonds is 7. The van der Waals surface area contributed by atoms with Gasteiger partial charge < -0.3 is 5.73 Å². The van der Waals surface area contributed by atoms with Gasteiger partial charge in [0.05, 0.1) is 22.8 Å². The zero-order valence-corrected chi connectivity index (χ0v) is 16.9. The second kappa shape index (κ2) is 8.07. The predicted octanol–water partition coefficient (Wildman–Crippen LogP) is 2.01. The summed E-state index contributed by atoms with van der Waals surface area (Å²) in [7, 11) is 1.79. The van der Waals surface area contributed by atoms with Crippen LogP contribution in [0.2, 0.25) is 0 Å². The second-order valence-corrected chi connectivity index (χ2v) is 7.77. The fourth-order valence-corrected chi connectivity index (χ4v) is 4.09. The molecule has 9 heteroatoms. The normalized spacial score (nSPS) is 12.6. The van der Waals surface area contributed by atoms with E-state index in [1.54, 1.807) is 18.4 Å². The van der Waals surface area contributed by atoms with Crippen LogP contribution in [0, 0.1) is 0 Å². The first kappa shape index (κ1) is 20.0. The summed E-state index contributed by atoms with van der Waals surface area (Å²) in [5.74, 6) is -0.513. The van der Waals surface area contributed by atoms with Gasteiger partial charge in [-0.15, -0.1) is 11.3 Å². The summed E-state index contributed by atoms with van der Waals surface area (Å²) in [5.41, 5.74) is 5.38. The number of benzene rings is 1. The summed E-state index contributed by atoms with van der Waals surface area (Å²) in [4.78, 5) is 45.6. The van der Waals surface area contributed by atoms with Gasteiger partial charge in [-0.25, -0.2) is 9.78 Å². The number of anilines is 1. The highest BCUT2D eigenvalue weighted by Crippen LogP contribution is 2.28. The number of para-hydroxylation sites is 1. The molecule has 2 heterocycles. The number of ketones is 1. The molecule has 1 atom stereocenters. The standard InChI is InChI=1S/C19H23N5O3S/c1-4-9-24-16(20)15(17(26)22-19(24)27)13(25)10-23(3)11(2)18-21-12-7-5-6-8-14(12)28-18/h5-8,11H,4,9-10,20H2,1-3H3,(H,22,26,27)/t11-/m0/s1. The number of nitrogen functional groups attached to an aromatic ring is 1. The van der Waals surface area contributed by atoms with Crippen LogP contribution in [0.5, 0.6) is 0 Å². The van der Waals surface area contributed by atoms with E-state index in [1.807, 2.05) is 43.0 Å². The van der Waals surface area contributed by atoms with Gasteiger partial charge in [0.2, 0.25) is 0 Å². The van der Waals surface area contributed by atoms with Crippen molar-refractivity contribution < 1.29 is 4.79 Å². The van der Waals surface area contributed by atoms with Crippen molar-refractivity contribution in [2.24, 2.45) is 0 Å². The Morgan fingerprint density at radius 2 is 2.07 bits per heavy atom. The lowest BCUT2D eigenvalue weighted by atomic mass is 10.1. The van der Waals surface area contributed by atoms with Crippen molar-refractivity contribution in [3.63, 3.8) is 0 Å². The first-order chi connectivity index (χ1) is 13.3. The number of nitrogens with zero attached hydrogens (tertiary/aromatic N) is 3. The van der Waals surface area contributed by atoms with Gasteiger partial charge in [-0.1, -0.05) is 19.1 Å². The third-order valence-corrected chi connectivity index (χ3v) is 5.89. The highest BCUT2D eigenvalue weighted by Gasteiger charge is 2.23. The van der Waals surface area contributed by atoms with Gasteiger partial charge in [0, 0.05) is 6.54 Å². The molecular formula is C19H23N5O3S. The minimum Gasteiger partial charge on any atom is -0.384 e. The summed E-state index contributed by atoms with van der Waals surface area (Å²) in [6, 6.07) is 7.73. The van der Waals surface area contributed by atoms with Crippen molar-refractivity contribution in [1.82, 2.24) is 19.4 Å². The zero-order valence-electron chi connectivity index (χ0n) is 16.1. The van der Waals surface area contributed by atoms with Crippen LogP contribution in [0.25, 0.3) is 10.2 Å². The average molecular weight is 401 g/mol. The van der Waals surface area contributed by atoms with Crippen LogP contribution in [0.3, 0.4) is 0 Å². The molecule has 0 amide bonds. The fourth-order valence-electron chi connectivity index (χ4n) is 3.00. The molecule has 0 aliphatic carbocycles. The van der Waals surface area contributed by atoms with Crippen LogP contribution in [-0.4, -0.2) is 38.8 Å². The zero-order chi connectivity index (χ0) is 20.4. The topological polar surface area (TPSA) is 114 Å². The number of hydrogen-bond acceptors (Lipinski definition) is 7. The molecule has 0 fully saturated rings. The van der Waals surface area contributed by atoms with Crippen LogP contribution < -0.4 is 17.0 Å². The highest BCUT2D eigenvalue weighted by atomic mass is 32.1. The third kappa shape index (κ3) is 3.76. The molecule has 0 radical (unpaired) electrons. The number of aromatic nitrogens is 3. The molecule has 0 bridgehead atoms. The molecule has 0 unspecified atom stereocenters. The lowest BCUT2D eigenvalue weighted by Crippen LogP contribution is -2.39. The average Bonchev–Trinajstić information content (AvgIpc) is 3.08. The first-order valence-electron chi connectivity index (χ1n) is 9.05. The van der Waals surface area contributed by atoms with E-state index in [1.165, 1.54) is 4.57 Å². The highest BCUT2D eigenvalue weighted by molar-refractivity contribution is 7.18. The van der Waals surface area contributed by atoms with Crippen molar-refractivity contribution in [1.29, 1.82) is 0 Å². The number of Topliss-reactive ketones (excluding diaryl/α,β-unsaturated/α-hetero) is 1. The number of thiazole rings is 1. The van der Waals surface area contributed by atoms with Gasteiger partial charge in [-0.3, -0.25) is 24.0 Å². The van der Waals surface area contributed by atoms with Crippen LogP contribution in [0.4, 0.5) is 5.82 Å². The van der Waals surface area contributed by atoms with Crippen LogP contribution in [0.15, 0.2) is 33.9 Å². The van der Waals surface area contributed by atoms with Crippen LogP contribution in [0.1, 0.15) is 41.7 Å². The molecule has 0 aliphatic heterocycles. The molecule has 28 heavy (non-hydrogen) atoms. The Kier molecular flexibility index (Phi) is 5.76. The van der Waals surface area contributed by atoms with Gasteiger partial charge >= 0.3 is 5.69 Å². The molecule has 0 spiro atoms. The number of carbonyl (C=O) groups is 1. The Labute approximate surface area is 165 Å². The molecule has 0 saturated heterocycles. The summed E-state index contributed by atoms with van der Waals surface area (Å²) < 4.78 is 2.31. The lowest BCUT2D eigenvalue weighted by molar-refractivity contribution is 0.0923. The van der Waals surface area contributed by atoms with E-state index in [0.29, 0.717) is 13.0 Å². The molecular weight excluding hydrogens is 378 g/mol.